The van der Waals surface area contributed by atoms with Crippen molar-refractivity contribution in [2.24, 2.45) is 0 Å². The van der Waals surface area contributed by atoms with E-state index in [1.54, 1.807) is 0 Å². The number of carboxylic acid groups (broad SMARTS) is 2. The first-order valence-corrected chi connectivity index (χ1v) is 12.5. The fourth-order valence-electron chi connectivity index (χ4n) is 3.86. The number of carbonyl (C=O) groups excluding carboxylic acids is 1. The Morgan fingerprint density at radius 1 is 0.625 bits per heavy atom. The Hall–Kier alpha value is -1.63. The molecular formula is C25H48NO6+. The van der Waals surface area contributed by atoms with Crippen molar-refractivity contribution in [1.82, 2.24) is 0 Å². The highest BCUT2D eigenvalue weighted by Crippen LogP contribution is 2.14. The van der Waals surface area contributed by atoms with Gasteiger partial charge in [-0.3, -0.25) is 14.4 Å². The van der Waals surface area contributed by atoms with E-state index in [1.807, 2.05) is 21.1 Å². The van der Waals surface area contributed by atoms with E-state index in [9.17, 15) is 14.4 Å². The summed E-state index contributed by atoms with van der Waals surface area (Å²) in [6, 6.07) is 0. The van der Waals surface area contributed by atoms with Crippen LogP contribution in [0, 0.1) is 0 Å². The summed E-state index contributed by atoms with van der Waals surface area (Å²) in [5.41, 5.74) is 0. The average Bonchev–Trinajstić information content (AvgIpc) is 2.65. The molecule has 0 saturated heterocycles. The SMILES string of the molecule is C[N+](C)(C)CC(CC(=O)O)OC(=O)CCCCCCCCCCCCCCCCC(=O)O. The van der Waals surface area contributed by atoms with Gasteiger partial charge in [0, 0.05) is 12.8 Å². The molecule has 0 amide bonds. The molecule has 7 heteroatoms. The Morgan fingerprint density at radius 2 is 1.00 bits per heavy atom. The molecule has 0 aliphatic heterocycles. The lowest BCUT2D eigenvalue weighted by atomic mass is 10.0. The van der Waals surface area contributed by atoms with Gasteiger partial charge in [0.1, 0.15) is 6.54 Å². The van der Waals surface area contributed by atoms with Gasteiger partial charge < -0.3 is 19.4 Å². The topological polar surface area (TPSA) is 101 Å². The summed E-state index contributed by atoms with van der Waals surface area (Å²) in [5.74, 6) is -1.92. The van der Waals surface area contributed by atoms with Crippen molar-refractivity contribution in [3.05, 3.63) is 0 Å². The number of nitrogens with zero attached hydrogens (tertiary/aromatic N) is 1. The van der Waals surface area contributed by atoms with E-state index in [2.05, 4.69) is 0 Å². The van der Waals surface area contributed by atoms with Crippen LogP contribution in [-0.4, -0.2) is 66.4 Å². The molecule has 0 radical (unpaired) electrons. The number of hydrogen-bond acceptors (Lipinski definition) is 4. The zero-order chi connectivity index (χ0) is 24.2. The van der Waals surface area contributed by atoms with Gasteiger partial charge in [0.25, 0.3) is 0 Å². The van der Waals surface area contributed by atoms with Crippen molar-refractivity contribution < 1.29 is 33.8 Å². The van der Waals surface area contributed by atoms with Gasteiger partial charge in [0.05, 0.1) is 27.6 Å². The van der Waals surface area contributed by atoms with Crippen LogP contribution in [0.3, 0.4) is 0 Å². The summed E-state index contributed by atoms with van der Waals surface area (Å²) in [5, 5.41) is 17.6. The fourth-order valence-corrected chi connectivity index (χ4v) is 3.86. The highest BCUT2D eigenvalue weighted by atomic mass is 16.5. The second-order valence-corrected chi connectivity index (χ2v) is 10.0. The number of unbranched alkanes of at least 4 members (excludes halogenated alkanes) is 13. The lowest BCUT2D eigenvalue weighted by Gasteiger charge is -2.28. The van der Waals surface area contributed by atoms with Gasteiger partial charge in [-0.05, 0) is 12.8 Å². The number of hydrogen-bond donors (Lipinski definition) is 2. The van der Waals surface area contributed by atoms with E-state index in [1.165, 1.54) is 51.4 Å². The van der Waals surface area contributed by atoms with Crippen LogP contribution in [0.15, 0.2) is 0 Å². The van der Waals surface area contributed by atoms with Crippen molar-refractivity contribution in [3.8, 4) is 0 Å². The number of carbonyl (C=O) groups is 3. The van der Waals surface area contributed by atoms with Gasteiger partial charge >= 0.3 is 17.9 Å². The monoisotopic (exact) mass is 458 g/mol. The van der Waals surface area contributed by atoms with Crippen LogP contribution in [0.4, 0.5) is 0 Å². The molecule has 0 heterocycles. The molecule has 0 aromatic rings. The molecule has 0 aliphatic carbocycles. The van der Waals surface area contributed by atoms with Crippen molar-refractivity contribution >= 4 is 17.9 Å². The van der Waals surface area contributed by atoms with E-state index in [-0.39, 0.29) is 12.4 Å². The maximum atomic E-state index is 12.0. The summed E-state index contributed by atoms with van der Waals surface area (Å²) in [4.78, 5) is 33.5. The molecular weight excluding hydrogens is 410 g/mol. The number of esters is 1. The van der Waals surface area contributed by atoms with Gasteiger partial charge in [0.15, 0.2) is 6.10 Å². The van der Waals surface area contributed by atoms with E-state index >= 15 is 0 Å². The van der Waals surface area contributed by atoms with Crippen LogP contribution in [0.5, 0.6) is 0 Å². The Kier molecular flexibility index (Phi) is 17.9. The van der Waals surface area contributed by atoms with Gasteiger partial charge in [-0.15, -0.1) is 0 Å². The highest BCUT2D eigenvalue weighted by molar-refractivity contribution is 5.71. The highest BCUT2D eigenvalue weighted by Gasteiger charge is 2.24. The first-order valence-electron chi connectivity index (χ1n) is 12.5. The Labute approximate surface area is 195 Å². The summed E-state index contributed by atoms with van der Waals surface area (Å²) in [6.45, 7) is 0.491. The zero-order valence-corrected chi connectivity index (χ0v) is 20.8. The van der Waals surface area contributed by atoms with Crippen LogP contribution in [0.25, 0.3) is 0 Å². The van der Waals surface area contributed by atoms with Crippen LogP contribution >= 0.6 is 0 Å². The number of carboxylic acids is 2. The third-order valence-electron chi connectivity index (χ3n) is 5.47. The summed E-state index contributed by atoms with van der Waals surface area (Å²) >= 11 is 0. The number of aliphatic carboxylic acids is 2. The minimum absolute atomic E-state index is 0.145. The largest absolute Gasteiger partial charge is 0.481 e. The van der Waals surface area contributed by atoms with Crippen LogP contribution in [-0.2, 0) is 19.1 Å². The first kappa shape index (κ1) is 30.4. The Balaban J connectivity index is 3.52. The summed E-state index contributed by atoms with van der Waals surface area (Å²) in [6.07, 6.45) is 15.9. The van der Waals surface area contributed by atoms with Crippen LogP contribution in [0.2, 0.25) is 0 Å². The van der Waals surface area contributed by atoms with Gasteiger partial charge in [-0.2, -0.15) is 0 Å². The molecule has 0 saturated carbocycles. The van der Waals surface area contributed by atoms with Crippen molar-refractivity contribution in [2.75, 3.05) is 27.7 Å². The fraction of sp³-hybridized carbons (Fsp3) is 0.880. The minimum atomic E-state index is -0.941. The molecule has 32 heavy (non-hydrogen) atoms. The second-order valence-electron chi connectivity index (χ2n) is 10.0. The van der Waals surface area contributed by atoms with E-state index < -0.39 is 18.0 Å². The lowest BCUT2D eigenvalue weighted by molar-refractivity contribution is -0.873. The van der Waals surface area contributed by atoms with Gasteiger partial charge in [-0.1, -0.05) is 77.0 Å². The van der Waals surface area contributed by atoms with Crippen molar-refractivity contribution in [3.63, 3.8) is 0 Å². The molecule has 188 valence electrons. The number of quaternary nitrogens is 1. The number of likely N-dealkylation sites (N-methyl/N-ethyl adjacent to an activating group) is 1. The summed E-state index contributed by atoms with van der Waals surface area (Å²) < 4.78 is 5.96. The molecule has 2 N–H and O–H groups in total. The van der Waals surface area contributed by atoms with E-state index in [0.29, 0.717) is 23.9 Å². The molecule has 0 bridgehead atoms. The molecule has 1 unspecified atom stereocenters. The Morgan fingerprint density at radius 3 is 1.34 bits per heavy atom. The number of rotatable bonds is 22. The molecule has 0 spiro atoms. The summed E-state index contributed by atoms with van der Waals surface area (Å²) in [7, 11) is 5.86. The third kappa shape index (κ3) is 23.0. The molecule has 0 fully saturated rings. The molecule has 0 aliphatic rings. The van der Waals surface area contributed by atoms with Gasteiger partial charge in [0.2, 0.25) is 0 Å². The predicted molar refractivity (Wildman–Crippen MR) is 127 cm³/mol. The van der Waals surface area contributed by atoms with E-state index in [0.717, 1.165) is 38.5 Å². The second kappa shape index (κ2) is 18.9. The lowest BCUT2D eigenvalue weighted by Crippen LogP contribution is -2.43. The quantitative estimate of drug-likeness (QED) is 0.128. The molecule has 1 atom stereocenters. The maximum absolute atomic E-state index is 12.0. The van der Waals surface area contributed by atoms with Crippen molar-refractivity contribution in [2.45, 2.75) is 115 Å². The first-order chi connectivity index (χ1) is 15.1. The normalized spacial score (nSPS) is 12.5. The molecule has 0 aromatic heterocycles. The Bertz CT molecular complexity index is 515. The molecule has 7 nitrogen and oxygen atoms in total. The minimum Gasteiger partial charge on any atom is -0.481 e. The van der Waals surface area contributed by atoms with Gasteiger partial charge in [-0.25, -0.2) is 0 Å². The molecule has 0 aromatic carbocycles. The predicted octanol–water partition coefficient (Wildman–Crippen LogP) is 5.41. The van der Waals surface area contributed by atoms with E-state index in [4.69, 9.17) is 14.9 Å². The van der Waals surface area contributed by atoms with Crippen LogP contribution < -0.4 is 0 Å². The maximum Gasteiger partial charge on any atom is 0.307 e. The number of ether oxygens (including phenoxy) is 1. The van der Waals surface area contributed by atoms with Crippen molar-refractivity contribution in [1.29, 1.82) is 0 Å². The van der Waals surface area contributed by atoms with Crippen LogP contribution in [0.1, 0.15) is 109 Å². The molecule has 0 rings (SSSR count). The average molecular weight is 459 g/mol. The smallest absolute Gasteiger partial charge is 0.307 e. The zero-order valence-electron chi connectivity index (χ0n) is 20.8. The standard InChI is InChI=1S/C25H47NO6/c1-26(2,3)21-22(20-24(29)30)32-25(31)19-17-15-13-11-9-7-5-4-6-8-10-12-14-16-18-23(27)28/h22H,4-21H2,1-3H3,(H-,27,28,29,30)/p+1. The third-order valence-corrected chi connectivity index (χ3v) is 5.47.